The molecule has 1 aromatic heterocycles. The van der Waals surface area contributed by atoms with Crippen LogP contribution >= 0.6 is 0 Å². The lowest BCUT2D eigenvalue weighted by molar-refractivity contribution is -0.274. The summed E-state index contributed by atoms with van der Waals surface area (Å²) in [6, 6.07) is 5.89. The molecule has 1 saturated carbocycles. The van der Waals surface area contributed by atoms with Gasteiger partial charge in [0.25, 0.3) is 0 Å². The Labute approximate surface area is 185 Å². The van der Waals surface area contributed by atoms with Crippen LogP contribution in [-0.4, -0.2) is 28.8 Å². The van der Waals surface area contributed by atoms with Crippen molar-refractivity contribution in [3.05, 3.63) is 41.2 Å². The fourth-order valence-electron chi connectivity index (χ4n) is 4.09. The Morgan fingerprint density at radius 3 is 2.50 bits per heavy atom. The molecule has 1 aromatic carbocycles. The maximum absolute atomic E-state index is 12.4. The number of hydrogen-bond donors (Lipinski definition) is 1. The van der Waals surface area contributed by atoms with Crippen LogP contribution in [0.15, 0.2) is 24.3 Å². The molecule has 9 heteroatoms. The fourth-order valence-corrected chi connectivity index (χ4v) is 4.09. The van der Waals surface area contributed by atoms with Gasteiger partial charge in [0.1, 0.15) is 5.75 Å². The summed E-state index contributed by atoms with van der Waals surface area (Å²) in [5.41, 5.74) is 2.25. The van der Waals surface area contributed by atoms with Crippen molar-refractivity contribution in [3.63, 3.8) is 0 Å². The van der Waals surface area contributed by atoms with Gasteiger partial charge in [-0.25, -0.2) is 9.97 Å². The molecule has 2 aliphatic rings. The zero-order chi connectivity index (χ0) is 23.3. The Bertz CT molecular complexity index is 1020. The predicted octanol–water partition coefficient (Wildman–Crippen LogP) is 5.18. The number of nitrogens with zero attached hydrogens (tertiary/aromatic N) is 3. The number of carbonyl (C=O) groups excluding carboxylic acids is 1. The molecule has 1 aliphatic heterocycles. The second-order valence-corrected chi connectivity index (χ2v) is 9.83. The molecule has 2 aromatic rings. The lowest BCUT2D eigenvalue weighted by Gasteiger charge is -2.30. The molecule has 0 saturated heterocycles. The Morgan fingerprint density at radius 2 is 1.88 bits per heavy atom. The summed E-state index contributed by atoms with van der Waals surface area (Å²) >= 11 is 0. The van der Waals surface area contributed by atoms with Gasteiger partial charge >= 0.3 is 6.36 Å². The number of benzene rings is 1. The van der Waals surface area contributed by atoms with E-state index in [1.807, 2.05) is 27.7 Å². The van der Waals surface area contributed by atoms with Gasteiger partial charge in [-0.05, 0) is 42.4 Å². The Hall–Kier alpha value is -2.84. The van der Waals surface area contributed by atoms with Crippen molar-refractivity contribution in [2.24, 2.45) is 11.3 Å². The van der Waals surface area contributed by atoms with Crippen LogP contribution in [-0.2, 0) is 11.3 Å². The van der Waals surface area contributed by atoms with Gasteiger partial charge in [0.05, 0.1) is 11.4 Å². The van der Waals surface area contributed by atoms with E-state index in [2.05, 4.69) is 15.0 Å². The van der Waals surface area contributed by atoms with E-state index in [1.165, 1.54) is 12.1 Å². The number of amides is 1. The first kappa shape index (κ1) is 22.4. The molecule has 0 radical (unpaired) electrons. The molecule has 2 heterocycles. The number of carbonyl (C=O) groups is 1. The summed E-state index contributed by atoms with van der Waals surface area (Å²) in [5.74, 6) is 1.77. The van der Waals surface area contributed by atoms with Crippen LogP contribution in [0.3, 0.4) is 0 Å². The number of nitrogens with one attached hydrogen (secondary N) is 1. The first-order valence-corrected chi connectivity index (χ1v) is 10.7. The summed E-state index contributed by atoms with van der Waals surface area (Å²) in [6.45, 7) is 9.17. The van der Waals surface area contributed by atoms with Crippen LogP contribution < -0.4 is 15.0 Å². The molecule has 0 bridgehead atoms. The van der Waals surface area contributed by atoms with E-state index < -0.39 is 6.36 Å². The van der Waals surface area contributed by atoms with Crippen LogP contribution in [0.25, 0.3) is 0 Å². The molecular formula is C23H27F3N4O2. The number of fused-ring (bicyclic) bond motifs is 3. The number of hydrogen-bond acceptors (Lipinski definition) is 5. The van der Waals surface area contributed by atoms with Crippen LogP contribution in [0.1, 0.15) is 56.5 Å². The van der Waals surface area contributed by atoms with E-state index in [4.69, 9.17) is 9.97 Å². The molecule has 6 nitrogen and oxygen atoms in total. The van der Waals surface area contributed by atoms with E-state index in [0.29, 0.717) is 36.3 Å². The molecule has 4 rings (SSSR count). The number of halogens is 3. The van der Waals surface area contributed by atoms with Crippen molar-refractivity contribution in [3.8, 4) is 5.75 Å². The van der Waals surface area contributed by atoms with E-state index in [1.54, 1.807) is 12.1 Å². The normalized spacial score (nSPS) is 19.8. The molecule has 0 spiro atoms. The summed E-state index contributed by atoms with van der Waals surface area (Å²) in [6.07, 6.45) is -3.30. The first-order valence-electron chi connectivity index (χ1n) is 10.7. The maximum atomic E-state index is 12.4. The largest absolute Gasteiger partial charge is 0.573 e. The zero-order valence-electron chi connectivity index (χ0n) is 18.6. The number of anilines is 2. The Morgan fingerprint density at radius 1 is 1.19 bits per heavy atom. The third-order valence-corrected chi connectivity index (χ3v) is 5.58. The quantitative estimate of drug-likeness (QED) is 0.683. The van der Waals surface area contributed by atoms with Crippen molar-refractivity contribution in [1.29, 1.82) is 0 Å². The topological polar surface area (TPSA) is 67.4 Å². The number of ether oxygens (including phenoxy) is 1. The van der Waals surface area contributed by atoms with Crippen LogP contribution in [0, 0.1) is 18.3 Å². The van der Waals surface area contributed by atoms with Gasteiger partial charge in [0, 0.05) is 25.4 Å². The van der Waals surface area contributed by atoms with Gasteiger partial charge in [-0.15, -0.1) is 13.2 Å². The molecule has 172 valence electrons. The molecule has 32 heavy (non-hydrogen) atoms. The number of aryl methyl sites for hydroxylation is 1. The minimum atomic E-state index is -4.71. The van der Waals surface area contributed by atoms with Gasteiger partial charge in [0.2, 0.25) is 5.91 Å². The van der Waals surface area contributed by atoms with Crippen LogP contribution in [0.5, 0.6) is 5.75 Å². The fraction of sp³-hybridized carbons (Fsp3) is 0.522. The molecule has 1 aliphatic carbocycles. The highest BCUT2D eigenvalue weighted by molar-refractivity contribution is 5.90. The van der Waals surface area contributed by atoms with Gasteiger partial charge in [0.15, 0.2) is 11.6 Å². The lowest BCUT2D eigenvalue weighted by atomic mass is 9.92. The van der Waals surface area contributed by atoms with Gasteiger partial charge in [-0.3, -0.25) is 4.79 Å². The van der Waals surface area contributed by atoms with Crippen LogP contribution in [0.2, 0.25) is 0 Å². The highest BCUT2D eigenvalue weighted by Gasteiger charge is 2.47. The van der Waals surface area contributed by atoms with Crippen molar-refractivity contribution in [1.82, 2.24) is 9.97 Å². The number of aromatic nitrogens is 2. The average molecular weight is 448 g/mol. The van der Waals surface area contributed by atoms with Crippen molar-refractivity contribution >= 4 is 17.5 Å². The smallest absolute Gasteiger partial charge is 0.406 e. The van der Waals surface area contributed by atoms with Crippen molar-refractivity contribution in [2.45, 2.75) is 59.4 Å². The molecule has 1 N–H and O–H groups in total. The van der Waals surface area contributed by atoms with Crippen molar-refractivity contribution < 1.29 is 22.7 Å². The zero-order valence-corrected chi connectivity index (χ0v) is 18.6. The molecular weight excluding hydrogens is 421 g/mol. The van der Waals surface area contributed by atoms with E-state index in [0.717, 1.165) is 30.0 Å². The number of alkyl halides is 3. The van der Waals surface area contributed by atoms with Gasteiger partial charge in [-0.2, -0.15) is 0 Å². The number of rotatable bonds is 5. The summed E-state index contributed by atoms with van der Waals surface area (Å²) < 4.78 is 41.1. The summed E-state index contributed by atoms with van der Waals surface area (Å²) in [4.78, 5) is 24.0. The summed E-state index contributed by atoms with van der Waals surface area (Å²) in [5, 5.41) is 2.91. The second-order valence-electron chi connectivity index (χ2n) is 9.83. The van der Waals surface area contributed by atoms with E-state index >= 15 is 0 Å². The predicted molar refractivity (Wildman–Crippen MR) is 114 cm³/mol. The Kier molecular flexibility index (Phi) is 5.55. The lowest BCUT2D eigenvalue weighted by Crippen LogP contribution is -2.31. The first-order chi connectivity index (χ1) is 14.9. The highest BCUT2D eigenvalue weighted by atomic mass is 19.4. The molecule has 2 atom stereocenters. The average Bonchev–Trinajstić information content (AvgIpc) is 3.41. The van der Waals surface area contributed by atoms with Gasteiger partial charge < -0.3 is 15.0 Å². The molecule has 1 fully saturated rings. The molecule has 0 unspecified atom stereocenters. The highest BCUT2D eigenvalue weighted by Crippen LogP contribution is 2.54. The van der Waals surface area contributed by atoms with E-state index in [-0.39, 0.29) is 17.1 Å². The summed E-state index contributed by atoms with van der Waals surface area (Å²) in [7, 11) is 0. The van der Waals surface area contributed by atoms with Gasteiger partial charge in [-0.1, -0.05) is 32.9 Å². The standard InChI is InChI=1S/C23H27F3N4O2/c1-13-20(28-18(31)10-22(2,3)4)29-19-17-9-15(17)12-30(21(19)27-13)11-14-5-7-16(8-6-14)32-23(24,25)26/h5-8,15,17H,9-12H2,1-4H3,(H,28,29,31)/t15-,17-/m1/s1. The third-order valence-electron chi connectivity index (χ3n) is 5.58. The molecule has 1 amide bonds. The second kappa shape index (κ2) is 7.94. The minimum absolute atomic E-state index is 0.0870. The Balaban J connectivity index is 1.52. The van der Waals surface area contributed by atoms with E-state index in [9.17, 15) is 18.0 Å². The third kappa shape index (κ3) is 5.31. The van der Waals surface area contributed by atoms with Crippen LogP contribution in [0.4, 0.5) is 24.8 Å². The SMILES string of the molecule is Cc1nc2c(nc1NC(=O)CC(C)(C)C)[C@@H]1C[C@@H]1CN2Cc1ccc(OC(F)(F)F)cc1. The van der Waals surface area contributed by atoms with Crippen molar-refractivity contribution in [2.75, 3.05) is 16.8 Å². The monoisotopic (exact) mass is 448 g/mol. The maximum Gasteiger partial charge on any atom is 0.573 e. The minimum Gasteiger partial charge on any atom is -0.406 e.